The molecule has 1 amide bonds. The van der Waals surface area contributed by atoms with Crippen molar-refractivity contribution in [2.75, 3.05) is 6.61 Å². The fourth-order valence-electron chi connectivity index (χ4n) is 2.44. The third kappa shape index (κ3) is 6.59. The van der Waals surface area contributed by atoms with Crippen LogP contribution >= 0.6 is 0 Å². The molecule has 0 aliphatic heterocycles. The second kappa shape index (κ2) is 10.9. The summed E-state index contributed by atoms with van der Waals surface area (Å²) in [5.74, 6) is 0.534. The maximum Gasteiger partial charge on any atom is 0.271 e. The van der Waals surface area contributed by atoms with Gasteiger partial charge >= 0.3 is 0 Å². The van der Waals surface area contributed by atoms with E-state index in [1.165, 1.54) is 49.9 Å². The zero-order valence-corrected chi connectivity index (χ0v) is 15.1. The van der Waals surface area contributed by atoms with Crippen LogP contribution in [0.2, 0.25) is 0 Å². The lowest BCUT2D eigenvalue weighted by atomic mass is 10.2. The van der Waals surface area contributed by atoms with Crippen molar-refractivity contribution in [3.63, 3.8) is 0 Å². The lowest BCUT2D eigenvalue weighted by Gasteiger charge is -2.08. The first kappa shape index (κ1) is 19.5. The van der Waals surface area contributed by atoms with E-state index >= 15 is 0 Å². The van der Waals surface area contributed by atoms with Crippen molar-refractivity contribution in [1.82, 2.24) is 5.43 Å². The third-order valence-electron chi connectivity index (χ3n) is 3.92. The number of aromatic hydroxyl groups is 1. The molecule has 0 saturated carbocycles. The van der Waals surface area contributed by atoms with Gasteiger partial charge in [-0.25, -0.2) is 5.43 Å². The molecule has 138 valence electrons. The number of hydrogen-bond donors (Lipinski definition) is 2. The minimum atomic E-state index is -0.337. The molecule has 0 saturated heterocycles. The summed E-state index contributed by atoms with van der Waals surface area (Å²) in [6, 6.07) is 13.6. The van der Waals surface area contributed by atoms with E-state index in [0.29, 0.717) is 12.2 Å². The van der Waals surface area contributed by atoms with Crippen LogP contribution in [0.5, 0.6) is 11.5 Å². The number of carbonyl (C=O) groups is 1. The molecular weight excluding hydrogens is 328 g/mol. The van der Waals surface area contributed by atoms with Crippen LogP contribution in [0, 0.1) is 0 Å². The Hall–Kier alpha value is -2.82. The molecule has 0 aliphatic rings. The molecule has 26 heavy (non-hydrogen) atoms. The number of nitrogens with one attached hydrogen (secondary N) is 1. The standard InChI is InChI=1S/C21H26N2O3/c1-2-3-4-5-8-15-26-20-10-7-6-9-18(20)16-22-23-21(25)17-11-13-19(24)14-12-17/h6-7,9-14,16,24H,2-5,8,15H2,1H3,(H,23,25)/b22-16-. The number of phenolic OH excluding ortho intramolecular Hbond substituents is 1. The molecule has 0 unspecified atom stereocenters. The highest BCUT2D eigenvalue weighted by Crippen LogP contribution is 2.16. The molecule has 2 aromatic carbocycles. The molecule has 0 radical (unpaired) electrons. The highest BCUT2D eigenvalue weighted by molar-refractivity contribution is 5.95. The average molecular weight is 354 g/mol. The highest BCUT2D eigenvalue weighted by atomic mass is 16.5. The van der Waals surface area contributed by atoms with Crippen molar-refractivity contribution in [3.8, 4) is 11.5 Å². The average Bonchev–Trinajstić information content (AvgIpc) is 2.66. The van der Waals surface area contributed by atoms with Crippen LogP contribution < -0.4 is 10.2 Å². The Bertz CT molecular complexity index is 711. The Kier molecular flexibility index (Phi) is 8.19. The van der Waals surface area contributed by atoms with E-state index < -0.39 is 0 Å². The zero-order chi connectivity index (χ0) is 18.6. The highest BCUT2D eigenvalue weighted by Gasteiger charge is 2.04. The van der Waals surface area contributed by atoms with Crippen molar-refractivity contribution < 1.29 is 14.6 Å². The smallest absolute Gasteiger partial charge is 0.271 e. The Morgan fingerprint density at radius 1 is 1.08 bits per heavy atom. The van der Waals surface area contributed by atoms with Gasteiger partial charge in [-0.15, -0.1) is 0 Å². The molecule has 0 aromatic heterocycles. The predicted octanol–water partition coefficient (Wildman–Crippen LogP) is 4.51. The molecular formula is C21H26N2O3. The minimum absolute atomic E-state index is 0.117. The van der Waals surface area contributed by atoms with Crippen LogP contribution in [0.1, 0.15) is 54.9 Å². The van der Waals surface area contributed by atoms with Gasteiger partial charge in [0.1, 0.15) is 11.5 Å². The maximum atomic E-state index is 12.0. The SMILES string of the molecule is CCCCCCCOc1ccccc1/C=N\NC(=O)c1ccc(O)cc1. The van der Waals surface area contributed by atoms with Crippen LogP contribution in [0.3, 0.4) is 0 Å². The number of amides is 1. The normalized spacial score (nSPS) is 10.8. The van der Waals surface area contributed by atoms with Crippen molar-refractivity contribution in [2.24, 2.45) is 5.10 Å². The first-order valence-electron chi connectivity index (χ1n) is 9.05. The van der Waals surface area contributed by atoms with Gasteiger partial charge in [0.2, 0.25) is 0 Å². The van der Waals surface area contributed by atoms with Crippen LogP contribution in [-0.4, -0.2) is 23.8 Å². The molecule has 0 fully saturated rings. The van der Waals surface area contributed by atoms with Gasteiger partial charge in [0.25, 0.3) is 5.91 Å². The van der Waals surface area contributed by atoms with Crippen LogP contribution in [-0.2, 0) is 0 Å². The molecule has 0 spiro atoms. The Balaban J connectivity index is 1.85. The summed E-state index contributed by atoms with van der Waals surface area (Å²) in [4.78, 5) is 12.0. The van der Waals surface area contributed by atoms with E-state index in [2.05, 4.69) is 17.5 Å². The lowest BCUT2D eigenvalue weighted by molar-refractivity contribution is 0.0955. The molecule has 0 bridgehead atoms. The van der Waals surface area contributed by atoms with Gasteiger partial charge in [0.05, 0.1) is 12.8 Å². The number of ether oxygens (including phenoxy) is 1. The number of rotatable bonds is 10. The first-order valence-corrected chi connectivity index (χ1v) is 9.05. The van der Waals surface area contributed by atoms with Crippen molar-refractivity contribution in [2.45, 2.75) is 39.0 Å². The van der Waals surface area contributed by atoms with Gasteiger partial charge < -0.3 is 9.84 Å². The molecule has 2 rings (SSSR count). The van der Waals surface area contributed by atoms with Crippen molar-refractivity contribution >= 4 is 12.1 Å². The van der Waals surface area contributed by atoms with Crippen molar-refractivity contribution in [3.05, 3.63) is 59.7 Å². The third-order valence-corrected chi connectivity index (χ3v) is 3.92. The molecule has 5 nitrogen and oxygen atoms in total. The number of phenols is 1. The first-order chi connectivity index (χ1) is 12.7. The van der Waals surface area contributed by atoms with Gasteiger partial charge in [-0.1, -0.05) is 44.7 Å². The fraction of sp³-hybridized carbons (Fsp3) is 0.333. The van der Waals surface area contributed by atoms with Crippen LogP contribution in [0.25, 0.3) is 0 Å². The second-order valence-electron chi connectivity index (χ2n) is 6.05. The van der Waals surface area contributed by atoms with Gasteiger partial charge in [-0.3, -0.25) is 4.79 Å². The Labute approximate surface area is 154 Å². The Morgan fingerprint density at radius 3 is 2.58 bits per heavy atom. The largest absolute Gasteiger partial charge is 0.508 e. The van der Waals surface area contributed by atoms with E-state index in [-0.39, 0.29) is 11.7 Å². The van der Waals surface area contributed by atoms with E-state index in [1.807, 2.05) is 24.3 Å². The van der Waals surface area contributed by atoms with E-state index in [9.17, 15) is 9.90 Å². The summed E-state index contributed by atoms with van der Waals surface area (Å²) in [7, 11) is 0. The molecule has 0 aliphatic carbocycles. The zero-order valence-electron chi connectivity index (χ0n) is 15.1. The lowest BCUT2D eigenvalue weighted by Crippen LogP contribution is -2.17. The summed E-state index contributed by atoms with van der Waals surface area (Å²) in [6.45, 7) is 2.88. The van der Waals surface area contributed by atoms with E-state index in [1.54, 1.807) is 6.21 Å². The summed E-state index contributed by atoms with van der Waals surface area (Å²) in [5, 5.41) is 13.3. The van der Waals surface area contributed by atoms with Gasteiger partial charge in [0, 0.05) is 11.1 Å². The van der Waals surface area contributed by atoms with Crippen molar-refractivity contribution in [1.29, 1.82) is 0 Å². The topological polar surface area (TPSA) is 70.9 Å². The molecule has 0 heterocycles. The number of unbranched alkanes of at least 4 members (excludes halogenated alkanes) is 4. The van der Waals surface area contributed by atoms with Gasteiger partial charge in [-0.05, 0) is 42.8 Å². The van der Waals surface area contributed by atoms with Gasteiger partial charge in [0.15, 0.2) is 0 Å². The monoisotopic (exact) mass is 354 g/mol. The summed E-state index contributed by atoms with van der Waals surface area (Å²) in [5.41, 5.74) is 3.72. The molecule has 2 aromatic rings. The number of carbonyl (C=O) groups excluding carboxylic acids is 1. The minimum Gasteiger partial charge on any atom is -0.508 e. The number of hydrogen-bond acceptors (Lipinski definition) is 4. The predicted molar refractivity (Wildman–Crippen MR) is 104 cm³/mol. The van der Waals surface area contributed by atoms with Crippen LogP contribution in [0.4, 0.5) is 0 Å². The summed E-state index contributed by atoms with van der Waals surface area (Å²) < 4.78 is 5.84. The van der Waals surface area contributed by atoms with Gasteiger partial charge in [-0.2, -0.15) is 5.10 Å². The fourth-order valence-corrected chi connectivity index (χ4v) is 2.44. The van der Waals surface area contributed by atoms with E-state index in [0.717, 1.165) is 17.7 Å². The second-order valence-corrected chi connectivity index (χ2v) is 6.05. The number of hydrazone groups is 1. The number of nitrogens with zero attached hydrogens (tertiary/aromatic N) is 1. The molecule has 2 N–H and O–H groups in total. The maximum absolute atomic E-state index is 12.0. The number of benzene rings is 2. The number of para-hydroxylation sites is 1. The quantitative estimate of drug-likeness (QED) is 0.375. The summed E-state index contributed by atoms with van der Waals surface area (Å²) in [6.07, 6.45) is 7.52. The molecule has 0 atom stereocenters. The van der Waals surface area contributed by atoms with Crippen LogP contribution in [0.15, 0.2) is 53.6 Å². The Morgan fingerprint density at radius 2 is 1.81 bits per heavy atom. The molecule has 5 heteroatoms. The van der Waals surface area contributed by atoms with E-state index in [4.69, 9.17) is 4.74 Å². The summed E-state index contributed by atoms with van der Waals surface area (Å²) >= 11 is 0.